The zero-order valence-electron chi connectivity index (χ0n) is 15.1. The summed E-state index contributed by atoms with van der Waals surface area (Å²) in [5, 5.41) is 5.90. The summed E-state index contributed by atoms with van der Waals surface area (Å²) >= 11 is 1.52. The summed E-state index contributed by atoms with van der Waals surface area (Å²) in [6, 6.07) is 9.44. The lowest BCUT2D eigenvalue weighted by Crippen LogP contribution is -2.41. The molecule has 2 aromatic heterocycles. The molecule has 0 aliphatic heterocycles. The van der Waals surface area contributed by atoms with Crippen LogP contribution in [0.2, 0.25) is 0 Å². The predicted octanol–water partition coefficient (Wildman–Crippen LogP) is 4.14. The third-order valence-corrected chi connectivity index (χ3v) is 4.83. The minimum absolute atomic E-state index is 0.180. The molecule has 6 nitrogen and oxygen atoms in total. The van der Waals surface area contributed by atoms with E-state index in [2.05, 4.69) is 10.1 Å². The summed E-state index contributed by atoms with van der Waals surface area (Å²) < 4.78 is 24.1. The summed E-state index contributed by atoms with van der Waals surface area (Å²) in [5.41, 5.74) is 0. The van der Waals surface area contributed by atoms with E-state index in [1.54, 1.807) is 4.90 Å². The van der Waals surface area contributed by atoms with Gasteiger partial charge < -0.3 is 14.2 Å². The Bertz CT molecular complexity index is 865. The van der Waals surface area contributed by atoms with Crippen LogP contribution in [0.4, 0.5) is 4.39 Å². The second-order valence-corrected chi connectivity index (χ2v) is 6.76. The van der Waals surface area contributed by atoms with E-state index < -0.39 is 6.10 Å². The van der Waals surface area contributed by atoms with Crippen molar-refractivity contribution in [3.05, 3.63) is 53.5 Å². The van der Waals surface area contributed by atoms with Crippen LogP contribution in [-0.2, 0) is 11.3 Å². The summed E-state index contributed by atoms with van der Waals surface area (Å²) in [6.45, 7) is 4.41. The molecule has 1 atom stereocenters. The van der Waals surface area contributed by atoms with Gasteiger partial charge in [-0.2, -0.15) is 4.98 Å². The van der Waals surface area contributed by atoms with Crippen molar-refractivity contribution in [2.24, 2.45) is 0 Å². The van der Waals surface area contributed by atoms with Gasteiger partial charge in [0, 0.05) is 6.54 Å². The minimum atomic E-state index is -0.671. The smallest absolute Gasteiger partial charge is 0.264 e. The van der Waals surface area contributed by atoms with E-state index >= 15 is 0 Å². The maximum atomic E-state index is 13.0. The number of halogens is 1. The standard InChI is InChI=1S/C19H20FN3O3S/c1-3-15(25-14-9-7-13(20)8-10-14)19(24)23(4-2)12-17-21-18(22-26-17)16-6-5-11-27-16/h5-11,15H,3-4,12H2,1-2H3/t15-/m0/s1. The Balaban J connectivity index is 1.67. The number of aromatic nitrogens is 2. The van der Waals surface area contributed by atoms with Gasteiger partial charge >= 0.3 is 0 Å². The number of thiophene rings is 1. The van der Waals surface area contributed by atoms with Crippen molar-refractivity contribution in [1.82, 2.24) is 15.0 Å². The van der Waals surface area contributed by atoms with Gasteiger partial charge in [-0.15, -0.1) is 11.3 Å². The minimum Gasteiger partial charge on any atom is -0.481 e. The lowest BCUT2D eigenvalue weighted by Gasteiger charge is -2.25. The van der Waals surface area contributed by atoms with Gasteiger partial charge in [-0.1, -0.05) is 18.1 Å². The van der Waals surface area contributed by atoms with Crippen molar-refractivity contribution >= 4 is 17.2 Å². The van der Waals surface area contributed by atoms with Crippen molar-refractivity contribution in [3.8, 4) is 16.5 Å². The fraction of sp³-hybridized carbons (Fsp3) is 0.316. The van der Waals surface area contributed by atoms with Gasteiger partial charge in [0.1, 0.15) is 18.1 Å². The first-order chi connectivity index (χ1) is 13.1. The van der Waals surface area contributed by atoms with Crippen LogP contribution in [0.3, 0.4) is 0 Å². The molecule has 1 aromatic carbocycles. The van der Waals surface area contributed by atoms with E-state index in [1.165, 1.54) is 35.6 Å². The predicted molar refractivity (Wildman–Crippen MR) is 99.8 cm³/mol. The molecule has 0 radical (unpaired) electrons. The van der Waals surface area contributed by atoms with Gasteiger partial charge in [0.15, 0.2) is 6.10 Å². The Labute approximate surface area is 160 Å². The van der Waals surface area contributed by atoms with E-state index in [-0.39, 0.29) is 18.3 Å². The van der Waals surface area contributed by atoms with E-state index in [9.17, 15) is 9.18 Å². The molecule has 27 heavy (non-hydrogen) atoms. The zero-order valence-corrected chi connectivity index (χ0v) is 15.9. The fourth-order valence-corrected chi connectivity index (χ4v) is 3.17. The second kappa shape index (κ2) is 8.77. The molecule has 2 heterocycles. The highest BCUT2D eigenvalue weighted by atomic mass is 32.1. The number of carbonyl (C=O) groups is 1. The molecule has 3 aromatic rings. The molecule has 0 aliphatic rings. The quantitative estimate of drug-likeness (QED) is 0.579. The first kappa shape index (κ1) is 19.0. The van der Waals surface area contributed by atoms with Gasteiger partial charge in [-0.3, -0.25) is 4.79 Å². The van der Waals surface area contributed by atoms with E-state index in [0.29, 0.717) is 30.4 Å². The number of hydrogen-bond acceptors (Lipinski definition) is 6. The molecule has 0 saturated carbocycles. The van der Waals surface area contributed by atoms with Crippen molar-refractivity contribution < 1.29 is 18.4 Å². The Kier molecular flexibility index (Phi) is 6.18. The summed E-state index contributed by atoms with van der Waals surface area (Å²) in [5.74, 6) is 0.795. The Morgan fingerprint density at radius 2 is 2.07 bits per heavy atom. The molecular formula is C19H20FN3O3S. The largest absolute Gasteiger partial charge is 0.481 e. The van der Waals surface area contributed by atoms with Crippen molar-refractivity contribution in [2.45, 2.75) is 32.9 Å². The molecule has 0 fully saturated rings. The van der Waals surface area contributed by atoms with E-state index in [0.717, 1.165) is 4.88 Å². The SMILES string of the molecule is CC[C@H](Oc1ccc(F)cc1)C(=O)N(CC)Cc1nc(-c2cccs2)no1. The maximum Gasteiger partial charge on any atom is 0.264 e. The van der Waals surface area contributed by atoms with Crippen LogP contribution >= 0.6 is 11.3 Å². The number of hydrogen-bond donors (Lipinski definition) is 0. The van der Waals surface area contributed by atoms with Crippen molar-refractivity contribution in [1.29, 1.82) is 0 Å². The number of carbonyl (C=O) groups excluding carboxylic acids is 1. The van der Waals surface area contributed by atoms with Crippen LogP contribution in [0.5, 0.6) is 5.75 Å². The number of rotatable bonds is 8. The lowest BCUT2D eigenvalue weighted by atomic mass is 10.2. The highest BCUT2D eigenvalue weighted by Crippen LogP contribution is 2.22. The molecule has 3 rings (SSSR count). The van der Waals surface area contributed by atoms with E-state index in [1.807, 2.05) is 31.4 Å². The average molecular weight is 389 g/mol. The average Bonchev–Trinajstić information content (AvgIpc) is 3.36. The monoisotopic (exact) mass is 389 g/mol. The molecule has 0 bridgehead atoms. The van der Waals surface area contributed by atoms with Gasteiger partial charge in [0.25, 0.3) is 5.91 Å². The molecule has 142 valence electrons. The molecule has 1 amide bonds. The Morgan fingerprint density at radius 1 is 1.30 bits per heavy atom. The normalized spacial score (nSPS) is 12.0. The van der Waals surface area contributed by atoms with E-state index in [4.69, 9.17) is 9.26 Å². The topological polar surface area (TPSA) is 68.5 Å². The van der Waals surface area contributed by atoms with Crippen LogP contribution in [0, 0.1) is 5.82 Å². The summed E-state index contributed by atoms with van der Waals surface area (Å²) in [7, 11) is 0. The van der Waals surface area contributed by atoms with Crippen LogP contribution in [0.25, 0.3) is 10.7 Å². The molecule has 0 spiro atoms. The van der Waals surface area contributed by atoms with Crippen LogP contribution < -0.4 is 4.74 Å². The number of amides is 1. The van der Waals surface area contributed by atoms with Gasteiger partial charge in [0.05, 0.1) is 4.88 Å². The van der Waals surface area contributed by atoms with Crippen molar-refractivity contribution in [2.75, 3.05) is 6.54 Å². The number of benzene rings is 1. The number of likely N-dealkylation sites (N-methyl/N-ethyl adjacent to an activating group) is 1. The highest BCUT2D eigenvalue weighted by molar-refractivity contribution is 7.13. The van der Waals surface area contributed by atoms with Crippen LogP contribution in [0.15, 0.2) is 46.3 Å². The Hall–Kier alpha value is -2.74. The molecule has 0 saturated heterocycles. The second-order valence-electron chi connectivity index (χ2n) is 5.81. The van der Waals surface area contributed by atoms with Crippen LogP contribution in [0.1, 0.15) is 26.2 Å². The van der Waals surface area contributed by atoms with Gasteiger partial charge in [-0.25, -0.2) is 4.39 Å². The number of ether oxygens (including phenoxy) is 1. The molecule has 0 aliphatic carbocycles. The van der Waals surface area contributed by atoms with Crippen LogP contribution in [-0.4, -0.2) is 33.6 Å². The third kappa shape index (κ3) is 4.71. The highest BCUT2D eigenvalue weighted by Gasteiger charge is 2.25. The van der Waals surface area contributed by atoms with Gasteiger partial charge in [-0.05, 0) is 49.1 Å². The fourth-order valence-electron chi connectivity index (χ4n) is 2.52. The molecule has 0 N–H and O–H groups in total. The first-order valence-electron chi connectivity index (χ1n) is 8.68. The third-order valence-electron chi connectivity index (χ3n) is 3.97. The first-order valence-corrected chi connectivity index (χ1v) is 9.56. The Morgan fingerprint density at radius 3 is 2.70 bits per heavy atom. The molecular weight excluding hydrogens is 369 g/mol. The lowest BCUT2D eigenvalue weighted by molar-refractivity contribution is -0.139. The van der Waals surface area contributed by atoms with Gasteiger partial charge in [0.2, 0.25) is 11.7 Å². The summed E-state index contributed by atoms with van der Waals surface area (Å²) in [4.78, 5) is 19.7. The molecule has 0 unspecified atom stereocenters. The summed E-state index contributed by atoms with van der Waals surface area (Å²) in [6.07, 6.45) is -0.188. The number of nitrogens with zero attached hydrogens (tertiary/aromatic N) is 3. The molecule has 8 heteroatoms. The maximum absolute atomic E-state index is 13.0. The van der Waals surface area contributed by atoms with Crippen molar-refractivity contribution in [3.63, 3.8) is 0 Å². The zero-order chi connectivity index (χ0) is 19.2.